The van der Waals surface area contributed by atoms with Crippen LogP contribution in [0.1, 0.15) is 11.3 Å². The van der Waals surface area contributed by atoms with Crippen LogP contribution in [0.15, 0.2) is 18.2 Å². The lowest BCUT2D eigenvalue weighted by Crippen LogP contribution is -2.10. The Morgan fingerprint density at radius 1 is 1.40 bits per heavy atom. The number of fused-ring (bicyclic) bond motifs is 1. The maximum absolute atomic E-state index is 13.0. The van der Waals surface area contributed by atoms with Crippen molar-refractivity contribution in [2.45, 2.75) is 13.3 Å². The molecule has 1 aromatic carbocycles. The van der Waals surface area contributed by atoms with Crippen molar-refractivity contribution in [1.82, 2.24) is 10.3 Å². The van der Waals surface area contributed by atoms with Crippen LogP contribution in [-0.4, -0.2) is 18.6 Å². The molecule has 3 heteroatoms. The largest absolute Gasteiger partial charge is 0.358 e. The number of hydrogen-bond donors (Lipinski definition) is 2. The molecule has 0 spiro atoms. The van der Waals surface area contributed by atoms with Gasteiger partial charge in [-0.05, 0) is 37.7 Å². The van der Waals surface area contributed by atoms with E-state index in [1.807, 2.05) is 13.1 Å². The van der Waals surface area contributed by atoms with E-state index in [9.17, 15) is 4.39 Å². The van der Waals surface area contributed by atoms with Crippen molar-refractivity contribution >= 4 is 10.9 Å². The highest BCUT2D eigenvalue weighted by Crippen LogP contribution is 2.22. The van der Waals surface area contributed by atoms with E-state index in [0.717, 1.165) is 23.9 Å². The molecule has 0 aliphatic carbocycles. The van der Waals surface area contributed by atoms with E-state index in [-0.39, 0.29) is 5.82 Å². The van der Waals surface area contributed by atoms with Crippen LogP contribution in [0.3, 0.4) is 0 Å². The predicted octanol–water partition coefficient (Wildman–Crippen LogP) is 2.38. The van der Waals surface area contributed by atoms with Gasteiger partial charge in [0, 0.05) is 29.6 Å². The Morgan fingerprint density at radius 2 is 2.20 bits per heavy atom. The maximum atomic E-state index is 13.0. The first kappa shape index (κ1) is 10.2. The molecule has 0 amide bonds. The number of rotatable bonds is 3. The summed E-state index contributed by atoms with van der Waals surface area (Å²) in [4.78, 5) is 3.26. The number of hydrogen-bond acceptors (Lipinski definition) is 1. The Bertz CT molecular complexity index is 474. The number of aromatic amines is 1. The van der Waals surface area contributed by atoms with Gasteiger partial charge in [-0.15, -0.1) is 0 Å². The molecule has 1 aromatic heterocycles. The third-order valence-electron chi connectivity index (χ3n) is 2.75. The maximum Gasteiger partial charge on any atom is 0.125 e. The van der Waals surface area contributed by atoms with E-state index in [1.165, 1.54) is 17.3 Å². The smallest absolute Gasteiger partial charge is 0.125 e. The fourth-order valence-electron chi connectivity index (χ4n) is 1.87. The van der Waals surface area contributed by atoms with Crippen molar-refractivity contribution in [3.8, 4) is 0 Å². The van der Waals surface area contributed by atoms with Gasteiger partial charge < -0.3 is 10.3 Å². The summed E-state index contributed by atoms with van der Waals surface area (Å²) >= 11 is 0. The summed E-state index contributed by atoms with van der Waals surface area (Å²) < 4.78 is 13.0. The van der Waals surface area contributed by atoms with E-state index in [0.29, 0.717) is 0 Å². The highest BCUT2D eigenvalue weighted by molar-refractivity contribution is 5.84. The number of nitrogens with one attached hydrogen (secondary N) is 2. The zero-order valence-electron chi connectivity index (χ0n) is 9.02. The Labute approximate surface area is 88.5 Å². The summed E-state index contributed by atoms with van der Waals surface area (Å²) in [6, 6.07) is 4.88. The van der Waals surface area contributed by atoms with Crippen LogP contribution in [0.5, 0.6) is 0 Å². The third kappa shape index (κ3) is 1.88. The fourth-order valence-corrected chi connectivity index (χ4v) is 1.87. The first-order valence-corrected chi connectivity index (χ1v) is 5.13. The lowest BCUT2D eigenvalue weighted by molar-refractivity contribution is 0.629. The van der Waals surface area contributed by atoms with Gasteiger partial charge >= 0.3 is 0 Å². The summed E-state index contributed by atoms with van der Waals surface area (Å²) in [6.45, 7) is 3.00. The number of benzene rings is 1. The molecule has 0 atom stereocenters. The van der Waals surface area contributed by atoms with Crippen molar-refractivity contribution in [3.05, 3.63) is 35.3 Å². The Balaban J connectivity index is 2.44. The summed E-state index contributed by atoms with van der Waals surface area (Å²) in [6.07, 6.45) is 0.943. The monoisotopic (exact) mass is 206 g/mol. The van der Waals surface area contributed by atoms with Crippen molar-refractivity contribution in [2.24, 2.45) is 0 Å². The minimum atomic E-state index is -0.191. The molecular weight excluding hydrogens is 191 g/mol. The van der Waals surface area contributed by atoms with Crippen LogP contribution in [-0.2, 0) is 6.42 Å². The van der Waals surface area contributed by atoms with Gasteiger partial charge in [0.1, 0.15) is 5.82 Å². The molecule has 0 fully saturated rings. The molecule has 0 radical (unpaired) electrons. The second-order valence-corrected chi connectivity index (χ2v) is 3.77. The Hall–Kier alpha value is -1.35. The lowest BCUT2D eigenvalue weighted by atomic mass is 10.1. The SMILES string of the molecule is CNCCc1[nH]c2cc(F)ccc2c1C. The van der Waals surface area contributed by atoms with Crippen molar-refractivity contribution in [3.63, 3.8) is 0 Å². The lowest BCUT2D eigenvalue weighted by Gasteiger charge is -1.98. The van der Waals surface area contributed by atoms with E-state index < -0.39 is 0 Å². The van der Waals surface area contributed by atoms with Crippen LogP contribution in [0.25, 0.3) is 10.9 Å². The molecular formula is C12H15FN2. The molecule has 0 saturated heterocycles. The summed E-state index contributed by atoms with van der Waals surface area (Å²) in [5.41, 5.74) is 3.30. The van der Waals surface area contributed by atoms with E-state index in [1.54, 1.807) is 6.07 Å². The average Bonchev–Trinajstić information content (AvgIpc) is 2.52. The quantitative estimate of drug-likeness (QED) is 0.792. The molecule has 2 nitrogen and oxygen atoms in total. The van der Waals surface area contributed by atoms with Gasteiger partial charge in [0.2, 0.25) is 0 Å². The first-order valence-electron chi connectivity index (χ1n) is 5.13. The predicted molar refractivity (Wildman–Crippen MR) is 60.6 cm³/mol. The van der Waals surface area contributed by atoms with Crippen LogP contribution in [0.4, 0.5) is 4.39 Å². The molecule has 0 aliphatic heterocycles. The number of likely N-dealkylation sites (N-methyl/N-ethyl adjacent to an activating group) is 1. The summed E-state index contributed by atoms with van der Waals surface area (Å²) in [5.74, 6) is -0.191. The minimum absolute atomic E-state index is 0.191. The van der Waals surface area contributed by atoms with Gasteiger partial charge in [0.25, 0.3) is 0 Å². The second-order valence-electron chi connectivity index (χ2n) is 3.77. The van der Waals surface area contributed by atoms with Gasteiger partial charge in [0.15, 0.2) is 0 Å². The normalized spacial score (nSPS) is 11.1. The molecule has 2 N–H and O–H groups in total. The number of H-pyrrole nitrogens is 1. The van der Waals surface area contributed by atoms with Gasteiger partial charge in [-0.3, -0.25) is 0 Å². The molecule has 0 aliphatic rings. The van der Waals surface area contributed by atoms with Crippen molar-refractivity contribution < 1.29 is 4.39 Å². The fraction of sp³-hybridized carbons (Fsp3) is 0.333. The molecule has 15 heavy (non-hydrogen) atoms. The van der Waals surface area contributed by atoms with Crippen LogP contribution in [0, 0.1) is 12.7 Å². The van der Waals surface area contributed by atoms with Gasteiger partial charge in [-0.25, -0.2) is 4.39 Å². The summed E-state index contributed by atoms with van der Waals surface area (Å²) in [5, 5.41) is 4.22. The number of halogens is 1. The highest BCUT2D eigenvalue weighted by Gasteiger charge is 2.07. The second kappa shape index (κ2) is 4.03. The van der Waals surface area contributed by atoms with Crippen LogP contribution in [0.2, 0.25) is 0 Å². The number of aromatic nitrogens is 1. The number of aryl methyl sites for hydroxylation is 1. The minimum Gasteiger partial charge on any atom is -0.358 e. The molecule has 80 valence electrons. The topological polar surface area (TPSA) is 27.8 Å². The zero-order chi connectivity index (χ0) is 10.8. The molecule has 1 heterocycles. The molecule has 0 bridgehead atoms. The van der Waals surface area contributed by atoms with Crippen LogP contribution >= 0.6 is 0 Å². The van der Waals surface area contributed by atoms with Gasteiger partial charge in [0.05, 0.1) is 0 Å². The zero-order valence-corrected chi connectivity index (χ0v) is 9.02. The first-order chi connectivity index (χ1) is 7.22. The molecule has 0 saturated carbocycles. The third-order valence-corrected chi connectivity index (χ3v) is 2.75. The Morgan fingerprint density at radius 3 is 2.93 bits per heavy atom. The van der Waals surface area contributed by atoms with Gasteiger partial charge in [-0.1, -0.05) is 0 Å². The van der Waals surface area contributed by atoms with Crippen molar-refractivity contribution in [2.75, 3.05) is 13.6 Å². The highest BCUT2D eigenvalue weighted by atomic mass is 19.1. The van der Waals surface area contributed by atoms with E-state index in [4.69, 9.17) is 0 Å². The molecule has 2 aromatic rings. The molecule has 2 rings (SSSR count). The standard InChI is InChI=1S/C12H15FN2/c1-8-10-4-3-9(13)7-12(10)15-11(8)5-6-14-2/h3-4,7,14-15H,5-6H2,1-2H3. The molecule has 0 unspecified atom stereocenters. The Kier molecular flexibility index (Phi) is 2.73. The van der Waals surface area contributed by atoms with Gasteiger partial charge in [-0.2, -0.15) is 0 Å². The average molecular weight is 206 g/mol. The summed E-state index contributed by atoms with van der Waals surface area (Å²) in [7, 11) is 1.93. The van der Waals surface area contributed by atoms with Crippen LogP contribution < -0.4 is 5.32 Å². The van der Waals surface area contributed by atoms with E-state index in [2.05, 4.69) is 17.2 Å². The van der Waals surface area contributed by atoms with E-state index >= 15 is 0 Å². The van der Waals surface area contributed by atoms with Crippen molar-refractivity contribution in [1.29, 1.82) is 0 Å².